The largest absolute Gasteiger partial charge is 0.462 e. The number of hydrogen-bond donors (Lipinski definition) is 2. The Morgan fingerprint density at radius 1 is 1.39 bits per heavy atom. The summed E-state index contributed by atoms with van der Waals surface area (Å²) in [4.78, 5) is 23.7. The maximum Gasteiger partial charge on any atom is 0.407 e. The predicted octanol–water partition coefficient (Wildman–Crippen LogP) is 1.71. The van der Waals surface area contributed by atoms with Crippen LogP contribution in [0.25, 0.3) is 0 Å². The Labute approximate surface area is 136 Å². The van der Waals surface area contributed by atoms with Crippen LogP contribution < -0.4 is 5.32 Å². The lowest BCUT2D eigenvalue weighted by molar-refractivity contribution is -0.144. The molecule has 4 unspecified atom stereocenters. The van der Waals surface area contributed by atoms with Gasteiger partial charge in [-0.05, 0) is 57.3 Å². The van der Waals surface area contributed by atoms with Crippen LogP contribution in [0.2, 0.25) is 0 Å². The van der Waals surface area contributed by atoms with Gasteiger partial charge in [-0.2, -0.15) is 0 Å². The van der Waals surface area contributed by atoms with Gasteiger partial charge in [0.25, 0.3) is 0 Å². The van der Waals surface area contributed by atoms with Crippen molar-refractivity contribution in [1.29, 1.82) is 0 Å². The maximum atomic E-state index is 12.1. The molecule has 7 atom stereocenters. The molecule has 2 N–H and O–H groups in total. The molecule has 0 spiro atoms. The Hall–Kier alpha value is -1.30. The molecular weight excluding hydrogens is 298 g/mol. The minimum absolute atomic E-state index is 0.0928. The van der Waals surface area contributed by atoms with E-state index in [1.807, 2.05) is 6.92 Å². The standard InChI is InChI=1S/C17H27NO5/c1-3-22-17(21)18-11-4-5-12-10(6-11)7-13-15(14(12)8-19)9(2)23-16(13)20/h9-15,19H,3-8H2,1-2H3,(H,18,21)/t9?,10?,11-,12-,13?,14+,15?/m1/s1. The molecule has 6 nitrogen and oxygen atoms in total. The van der Waals surface area contributed by atoms with Crippen molar-refractivity contribution in [3.05, 3.63) is 0 Å². The van der Waals surface area contributed by atoms with Gasteiger partial charge in [-0.25, -0.2) is 4.79 Å². The normalized spacial score (nSPS) is 42.4. The molecule has 0 aromatic carbocycles. The summed E-state index contributed by atoms with van der Waals surface area (Å²) in [5.41, 5.74) is 0. The van der Waals surface area contributed by atoms with Crippen molar-refractivity contribution in [2.45, 2.75) is 51.7 Å². The van der Waals surface area contributed by atoms with Crippen LogP contribution in [0.3, 0.4) is 0 Å². The Bertz CT molecular complexity index is 468. The molecule has 23 heavy (non-hydrogen) atoms. The van der Waals surface area contributed by atoms with Gasteiger partial charge in [-0.3, -0.25) is 4.79 Å². The van der Waals surface area contributed by atoms with Gasteiger partial charge in [0, 0.05) is 18.6 Å². The van der Waals surface area contributed by atoms with Crippen molar-refractivity contribution < 1.29 is 24.2 Å². The van der Waals surface area contributed by atoms with Gasteiger partial charge in [0.1, 0.15) is 6.10 Å². The molecular formula is C17H27NO5. The third-order valence-corrected chi connectivity index (χ3v) is 6.06. The van der Waals surface area contributed by atoms with Gasteiger partial charge >= 0.3 is 12.1 Å². The molecule has 2 saturated carbocycles. The number of alkyl carbamates (subject to hydrolysis) is 1. The maximum absolute atomic E-state index is 12.1. The number of hydrogen-bond acceptors (Lipinski definition) is 5. The molecule has 3 aliphatic rings. The van der Waals surface area contributed by atoms with Crippen LogP contribution in [0.5, 0.6) is 0 Å². The number of amides is 1. The van der Waals surface area contributed by atoms with Gasteiger partial charge in [0.05, 0.1) is 12.5 Å². The smallest absolute Gasteiger partial charge is 0.407 e. The van der Waals surface area contributed by atoms with Crippen molar-refractivity contribution in [2.24, 2.45) is 29.6 Å². The van der Waals surface area contributed by atoms with E-state index in [2.05, 4.69) is 5.32 Å². The molecule has 0 radical (unpaired) electrons. The number of fused-ring (bicyclic) bond motifs is 2. The fourth-order valence-corrected chi connectivity index (χ4v) is 5.19. The fraction of sp³-hybridized carbons (Fsp3) is 0.882. The average molecular weight is 325 g/mol. The Balaban J connectivity index is 1.69. The van der Waals surface area contributed by atoms with E-state index in [1.54, 1.807) is 6.92 Å². The molecule has 1 saturated heterocycles. The minimum Gasteiger partial charge on any atom is -0.462 e. The van der Waals surface area contributed by atoms with Gasteiger partial charge in [-0.15, -0.1) is 0 Å². The summed E-state index contributed by atoms with van der Waals surface area (Å²) >= 11 is 0. The lowest BCUT2D eigenvalue weighted by atomic mass is 9.57. The molecule has 3 rings (SSSR count). The molecule has 6 heteroatoms. The van der Waals surface area contributed by atoms with Crippen LogP contribution in [0, 0.1) is 29.6 Å². The van der Waals surface area contributed by atoms with E-state index in [0.29, 0.717) is 18.4 Å². The van der Waals surface area contributed by atoms with E-state index >= 15 is 0 Å². The van der Waals surface area contributed by atoms with Crippen LogP contribution >= 0.6 is 0 Å². The Morgan fingerprint density at radius 2 is 2.17 bits per heavy atom. The zero-order valence-electron chi connectivity index (χ0n) is 13.9. The molecule has 1 aliphatic heterocycles. The first-order chi connectivity index (χ1) is 11.0. The number of aliphatic hydroxyl groups is 1. The lowest BCUT2D eigenvalue weighted by Gasteiger charge is -2.47. The highest BCUT2D eigenvalue weighted by Crippen LogP contribution is 2.52. The molecule has 1 heterocycles. The third kappa shape index (κ3) is 3.05. The molecule has 0 bridgehead atoms. The van der Waals surface area contributed by atoms with E-state index in [4.69, 9.17) is 9.47 Å². The molecule has 2 aliphatic carbocycles. The van der Waals surface area contributed by atoms with E-state index in [9.17, 15) is 14.7 Å². The number of nitrogens with one attached hydrogen (secondary N) is 1. The number of ether oxygens (including phenoxy) is 2. The van der Waals surface area contributed by atoms with Crippen molar-refractivity contribution >= 4 is 12.1 Å². The number of carbonyl (C=O) groups excluding carboxylic acids is 2. The highest BCUT2D eigenvalue weighted by Gasteiger charge is 2.55. The van der Waals surface area contributed by atoms with Gasteiger partial charge in [-0.1, -0.05) is 0 Å². The summed E-state index contributed by atoms with van der Waals surface area (Å²) in [6, 6.07) is 0.0982. The predicted molar refractivity (Wildman–Crippen MR) is 82.5 cm³/mol. The van der Waals surface area contributed by atoms with Gasteiger partial charge < -0.3 is 19.9 Å². The van der Waals surface area contributed by atoms with Crippen LogP contribution in [-0.4, -0.2) is 42.5 Å². The summed E-state index contributed by atoms with van der Waals surface area (Å²) in [6.45, 7) is 4.21. The number of cyclic esters (lactones) is 1. The van der Waals surface area contributed by atoms with Gasteiger partial charge in [0.2, 0.25) is 0 Å². The second-order valence-electron chi connectivity index (χ2n) is 7.21. The van der Waals surface area contributed by atoms with Crippen LogP contribution in [0.15, 0.2) is 0 Å². The van der Waals surface area contributed by atoms with Crippen molar-refractivity contribution in [3.63, 3.8) is 0 Å². The Kier molecular flexibility index (Phi) is 4.80. The first-order valence-electron chi connectivity index (χ1n) is 8.79. The van der Waals surface area contributed by atoms with Crippen molar-refractivity contribution in [2.75, 3.05) is 13.2 Å². The molecule has 130 valence electrons. The van der Waals surface area contributed by atoms with E-state index in [0.717, 1.165) is 25.7 Å². The lowest BCUT2D eigenvalue weighted by Crippen LogP contribution is -2.49. The summed E-state index contributed by atoms with van der Waals surface area (Å²) < 4.78 is 10.4. The fourth-order valence-electron chi connectivity index (χ4n) is 5.19. The van der Waals surface area contributed by atoms with Crippen LogP contribution in [-0.2, 0) is 14.3 Å². The van der Waals surface area contributed by atoms with E-state index in [1.165, 1.54) is 0 Å². The highest BCUT2D eigenvalue weighted by atomic mass is 16.6. The molecule has 3 fully saturated rings. The third-order valence-electron chi connectivity index (χ3n) is 6.06. The van der Waals surface area contributed by atoms with Crippen LogP contribution in [0.4, 0.5) is 4.79 Å². The SMILES string of the molecule is CCOC(=O)N[C@@H]1CC[C@@H]2C(CC3C(=O)OC(C)C3[C@H]2CO)C1. The molecule has 0 aromatic rings. The number of aliphatic hydroxyl groups excluding tert-OH is 1. The van der Waals surface area contributed by atoms with E-state index in [-0.39, 0.29) is 48.6 Å². The summed E-state index contributed by atoms with van der Waals surface area (Å²) in [6.07, 6.45) is 3.08. The minimum atomic E-state index is -0.364. The monoisotopic (exact) mass is 325 g/mol. The average Bonchev–Trinajstić information content (AvgIpc) is 2.79. The highest BCUT2D eigenvalue weighted by molar-refractivity contribution is 5.75. The molecule has 0 aromatic heterocycles. The first kappa shape index (κ1) is 16.6. The van der Waals surface area contributed by atoms with Crippen LogP contribution in [0.1, 0.15) is 39.5 Å². The summed E-state index contributed by atoms with van der Waals surface area (Å²) in [5, 5.41) is 12.8. The van der Waals surface area contributed by atoms with Crippen molar-refractivity contribution in [1.82, 2.24) is 5.32 Å². The number of carbonyl (C=O) groups is 2. The first-order valence-corrected chi connectivity index (χ1v) is 8.79. The second kappa shape index (κ2) is 6.67. The van der Waals surface area contributed by atoms with Crippen molar-refractivity contribution in [3.8, 4) is 0 Å². The number of rotatable bonds is 3. The number of esters is 1. The molecule has 1 amide bonds. The Morgan fingerprint density at radius 3 is 2.87 bits per heavy atom. The topological polar surface area (TPSA) is 84.9 Å². The zero-order valence-corrected chi connectivity index (χ0v) is 13.9. The summed E-state index contributed by atoms with van der Waals surface area (Å²) in [7, 11) is 0. The zero-order chi connectivity index (χ0) is 16.6. The quantitative estimate of drug-likeness (QED) is 0.772. The van der Waals surface area contributed by atoms with E-state index < -0.39 is 0 Å². The summed E-state index contributed by atoms with van der Waals surface area (Å²) in [5.74, 6) is 0.835. The van der Waals surface area contributed by atoms with Gasteiger partial charge in [0.15, 0.2) is 0 Å². The second-order valence-corrected chi connectivity index (χ2v) is 7.21.